The number of halogens is 4. The van der Waals surface area contributed by atoms with Gasteiger partial charge in [-0.1, -0.05) is 24.3 Å². The van der Waals surface area contributed by atoms with E-state index in [2.05, 4.69) is 20.3 Å². The van der Waals surface area contributed by atoms with Crippen LogP contribution in [0.3, 0.4) is 0 Å². The van der Waals surface area contributed by atoms with Crippen LogP contribution in [0, 0.1) is 0 Å². The van der Waals surface area contributed by atoms with Gasteiger partial charge in [-0.3, -0.25) is 0 Å². The van der Waals surface area contributed by atoms with Gasteiger partial charge in [-0.25, -0.2) is 18.1 Å². The van der Waals surface area contributed by atoms with Crippen LogP contribution in [-0.4, -0.2) is 34.5 Å². The minimum atomic E-state index is -4.34. The van der Waals surface area contributed by atoms with Gasteiger partial charge in [-0.05, 0) is 55.8 Å². The predicted molar refractivity (Wildman–Crippen MR) is 126 cm³/mol. The van der Waals surface area contributed by atoms with Crippen molar-refractivity contribution in [1.82, 2.24) is 15.4 Å². The molecule has 2 rings (SSSR count). The lowest BCUT2D eigenvalue weighted by Gasteiger charge is -2.12. The zero-order chi connectivity index (χ0) is 22.2. The second-order valence-corrected chi connectivity index (χ2v) is 8.30. The SMILES string of the molecule is CCNC(=NCc1ccc(S(=O)(=O)NC)cc1)NCCc1ccc(C(F)(F)F)cc1.I. The Hall–Kier alpha value is -1.86. The highest BCUT2D eigenvalue weighted by atomic mass is 127. The van der Waals surface area contributed by atoms with Crippen LogP contribution in [-0.2, 0) is 29.2 Å². The van der Waals surface area contributed by atoms with Crippen LogP contribution in [0.2, 0.25) is 0 Å². The summed E-state index contributed by atoms with van der Waals surface area (Å²) in [6.45, 7) is 3.40. The average molecular weight is 570 g/mol. The first-order valence-electron chi connectivity index (χ1n) is 9.36. The maximum Gasteiger partial charge on any atom is 0.416 e. The summed E-state index contributed by atoms with van der Waals surface area (Å²) in [6.07, 6.45) is -3.80. The molecule has 31 heavy (non-hydrogen) atoms. The van der Waals surface area contributed by atoms with Crippen molar-refractivity contribution in [2.24, 2.45) is 4.99 Å². The lowest BCUT2D eigenvalue weighted by molar-refractivity contribution is -0.137. The fraction of sp³-hybridized carbons (Fsp3) is 0.350. The van der Waals surface area contributed by atoms with Crippen LogP contribution < -0.4 is 15.4 Å². The maximum atomic E-state index is 12.6. The van der Waals surface area contributed by atoms with Gasteiger partial charge in [-0.2, -0.15) is 13.2 Å². The topological polar surface area (TPSA) is 82.6 Å². The quantitative estimate of drug-likeness (QED) is 0.258. The fourth-order valence-electron chi connectivity index (χ4n) is 2.59. The molecule has 0 atom stereocenters. The smallest absolute Gasteiger partial charge is 0.357 e. The van der Waals surface area contributed by atoms with E-state index in [0.717, 1.165) is 23.3 Å². The summed E-state index contributed by atoms with van der Waals surface area (Å²) in [7, 11) is -2.12. The van der Waals surface area contributed by atoms with Crippen LogP contribution >= 0.6 is 24.0 Å². The Bertz CT molecular complexity index is 948. The summed E-state index contributed by atoms with van der Waals surface area (Å²) >= 11 is 0. The molecule has 0 bridgehead atoms. The van der Waals surface area contributed by atoms with Crippen LogP contribution in [0.4, 0.5) is 13.2 Å². The molecule has 11 heteroatoms. The van der Waals surface area contributed by atoms with Crippen LogP contribution in [0.25, 0.3) is 0 Å². The molecule has 0 spiro atoms. The summed E-state index contributed by atoms with van der Waals surface area (Å²) in [6, 6.07) is 11.5. The summed E-state index contributed by atoms with van der Waals surface area (Å²) < 4.78 is 63.6. The Kier molecular flexibility index (Phi) is 10.7. The molecule has 0 saturated heterocycles. The monoisotopic (exact) mass is 570 g/mol. The zero-order valence-electron chi connectivity index (χ0n) is 17.2. The molecular weight excluding hydrogens is 544 g/mol. The fourth-order valence-corrected chi connectivity index (χ4v) is 3.32. The molecule has 0 aromatic heterocycles. The lowest BCUT2D eigenvalue weighted by Crippen LogP contribution is -2.38. The van der Waals surface area contributed by atoms with Crippen molar-refractivity contribution >= 4 is 40.0 Å². The number of sulfonamides is 1. The molecule has 0 fully saturated rings. The summed E-state index contributed by atoms with van der Waals surface area (Å²) in [5.41, 5.74) is 0.959. The lowest BCUT2D eigenvalue weighted by atomic mass is 10.1. The molecule has 2 aromatic carbocycles. The summed E-state index contributed by atoms with van der Waals surface area (Å²) in [4.78, 5) is 4.63. The standard InChI is InChI=1S/C20H25F3N4O2S.HI/c1-3-25-19(26-13-12-15-4-8-17(9-5-15)20(21,22)23)27-14-16-6-10-18(11-7-16)30(28,29)24-2;/h4-11,24H,3,12-14H2,1-2H3,(H2,25,26,27);1H. The third-order valence-corrected chi connectivity index (χ3v) is 5.68. The number of benzene rings is 2. The molecule has 3 N–H and O–H groups in total. The van der Waals surface area contributed by atoms with Crippen LogP contribution in [0.1, 0.15) is 23.6 Å². The first-order chi connectivity index (χ1) is 14.2. The van der Waals surface area contributed by atoms with E-state index in [-0.39, 0.29) is 28.9 Å². The van der Waals surface area contributed by atoms with Gasteiger partial charge in [0.05, 0.1) is 17.0 Å². The molecule has 0 heterocycles. The second-order valence-electron chi connectivity index (χ2n) is 6.42. The van der Waals surface area contributed by atoms with E-state index in [1.54, 1.807) is 12.1 Å². The Morgan fingerprint density at radius 2 is 1.55 bits per heavy atom. The first-order valence-corrected chi connectivity index (χ1v) is 10.8. The molecular formula is C20H26F3IN4O2S. The molecule has 0 unspecified atom stereocenters. The molecule has 0 aliphatic heterocycles. The predicted octanol–water partition coefficient (Wildman–Crippen LogP) is 3.53. The Balaban J connectivity index is 0.00000480. The van der Waals surface area contributed by atoms with Gasteiger partial charge < -0.3 is 10.6 Å². The van der Waals surface area contributed by atoms with Gasteiger partial charge in [0.15, 0.2) is 5.96 Å². The number of hydrogen-bond donors (Lipinski definition) is 3. The highest BCUT2D eigenvalue weighted by Crippen LogP contribution is 2.29. The highest BCUT2D eigenvalue weighted by molar-refractivity contribution is 14.0. The van der Waals surface area contributed by atoms with E-state index in [1.807, 2.05) is 6.92 Å². The first kappa shape index (κ1) is 27.2. The molecule has 0 amide bonds. The van der Waals surface area contributed by atoms with E-state index in [1.165, 1.54) is 31.3 Å². The Morgan fingerprint density at radius 3 is 2.06 bits per heavy atom. The third-order valence-electron chi connectivity index (χ3n) is 4.25. The van der Waals surface area contributed by atoms with Crippen molar-refractivity contribution in [3.63, 3.8) is 0 Å². The average Bonchev–Trinajstić information content (AvgIpc) is 2.72. The van der Waals surface area contributed by atoms with Gasteiger partial charge in [-0.15, -0.1) is 24.0 Å². The number of rotatable bonds is 8. The highest BCUT2D eigenvalue weighted by Gasteiger charge is 2.29. The molecule has 0 radical (unpaired) electrons. The van der Waals surface area contributed by atoms with Gasteiger partial charge in [0, 0.05) is 13.1 Å². The van der Waals surface area contributed by atoms with Crippen molar-refractivity contribution in [1.29, 1.82) is 0 Å². The van der Waals surface area contributed by atoms with E-state index >= 15 is 0 Å². The molecule has 172 valence electrons. The largest absolute Gasteiger partial charge is 0.416 e. The normalized spacial score (nSPS) is 12.2. The van der Waals surface area contributed by atoms with E-state index in [9.17, 15) is 21.6 Å². The Morgan fingerprint density at radius 1 is 0.968 bits per heavy atom. The number of nitrogens with one attached hydrogen (secondary N) is 3. The molecule has 2 aromatic rings. The number of aliphatic imine (C=N–C) groups is 1. The van der Waals surface area contributed by atoms with Gasteiger partial charge in [0.1, 0.15) is 0 Å². The molecule has 0 saturated carbocycles. The van der Waals surface area contributed by atoms with Crippen molar-refractivity contribution < 1.29 is 21.6 Å². The summed E-state index contributed by atoms with van der Waals surface area (Å²) in [5.74, 6) is 0.566. The molecule has 6 nitrogen and oxygen atoms in total. The van der Waals surface area contributed by atoms with Crippen LogP contribution in [0.15, 0.2) is 58.4 Å². The van der Waals surface area contributed by atoms with E-state index in [4.69, 9.17) is 0 Å². The van der Waals surface area contributed by atoms with Gasteiger partial charge in [0.25, 0.3) is 0 Å². The van der Waals surface area contributed by atoms with Gasteiger partial charge in [0.2, 0.25) is 10.0 Å². The molecule has 0 aliphatic carbocycles. The third kappa shape index (κ3) is 8.65. The van der Waals surface area contributed by atoms with Gasteiger partial charge >= 0.3 is 6.18 Å². The minimum Gasteiger partial charge on any atom is -0.357 e. The van der Waals surface area contributed by atoms with E-state index in [0.29, 0.717) is 32.0 Å². The minimum absolute atomic E-state index is 0. The second kappa shape index (κ2) is 12.2. The van der Waals surface area contributed by atoms with Crippen molar-refractivity contribution in [2.75, 3.05) is 20.1 Å². The van der Waals surface area contributed by atoms with Crippen molar-refractivity contribution in [3.8, 4) is 0 Å². The number of guanidine groups is 1. The number of alkyl halides is 3. The van der Waals surface area contributed by atoms with Crippen LogP contribution in [0.5, 0.6) is 0 Å². The van der Waals surface area contributed by atoms with Crippen molar-refractivity contribution in [2.45, 2.75) is 31.0 Å². The summed E-state index contributed by atoms with van der Waals surface area (Å²) in [5, 5.41) is 6.24. The number of nitrogens with zero attached hydrogens (tertiary/aromatic N) is 1. The Labute approximate surface area is 197 Å². The van der Waals surface area contributed by atoms with E-state index < -0.39 is 21.8 Å². The molecule has 0 aliphatic rings. The zero-order valence-corrected chi connectivity index (χ0v) is 20.3. The maximum absolute atomic E-state index is 12.6. The number of hydrogen-bond acceptors (Lipinski definition) is 3. The van der Waals surface area contributed by atoms with Crippen molar-refractivity contribution in [3.05, 3.63) is 65.2 Å².